The maximum atomic E-state index is 11.8. The highest BCUT2D eigenvalue weighted by Gasteiger charge is 2.05. The molecule has 0 aliphatic rings. The average Bonchev–Trinajstić information content (AvgIpc) is 1.88. The number of pyridine rings is 1. The van der Waals surface area contributed by atoms with Gasteiger partial charge in [0, 0.05) is 6.07 Å². The molecular formula is C6H6ClF2NO. The lowest BCUT2D eigenvalue weighted by molar-refractivity contribution is 0.146. The summed E-state index contributed by atoms with van der Waals surface area (Å²) >= 11 is 0. The molecule has 1 aromatic rings. The molecule has 0 unspecified atom stereocenters. The fraction of sp³-hybridized carbons (Fsp3) is 0.167. The van der Waals surface area contributed by atoms with Crippen molar-refractivity contribution in [3.63, 3.8) is 0 Å². The minimum atomic E-state index is -2.60. The summed E-state index contributed by atoms with van der Waals surface area (Å²) in [5.74, 6) is 0. The third-order valence-electron chi connectivity index (χ3n) is 1.03. The van der Waals surface area contributed by atoms with Crippen molar-refractivity contribution in [3.05, 3.63) is 34.2 Å². The first kappa shape index (κ1) is 10.1. The van der Waals surface area contributed by atoms with Gasteiger partial charge in [-0.05, 0) is 6.07 Å². The van der Waals surface area contributed by atoms with E-state index in [1.54, 1.807) is 0 Å². The second kappa shape index (κ2) is 4.08. The second-order valence-electron chi connectivity index (χ2n) is 1.77. The first-order valence-corrected chi connectivity index (χ1v) is 2.67. The Morgan fingerprint density at radius 1 is 1.36 bits per heavy atom. The van der Waals surface area contributed by atoms with Crippen molar-refractivity contribution >= 4 is 12.4 Å². The predicted molar refractivity (Wildman–Crippen MR) is 39.3 cm³/mol. The van der Waals surface area contributed by atoms with Gasteiger partial charge in [0.05, 0.1) is 5.69 Å². The fourth-order valence-corrected chi connectivity index (χ4v) is 0.592. The Kier molecular flexibility index (Phi) is 3.74. The van der Waals surface area contributed by atoms with Crippen LogP contribution in [0, 0.1) is 0 Å². The van der Waals surface area contributed by atoms with Crippen molar-refractivity contribution in [2.75, 3.05) is 0 Å². The van der Waals surface area contributed by atoms with Crippen LogP contribution in [0.1, 0.15) is 12.1 Å². The van der Waals surface area contributed by atoms with Crippen molar-refractivity contribution in [3.8, 4) is 0 Å². The van der Waals surface area contributed by atoms with E-state index in [9.17, 15) is 13.6 Å². The molecule has 0 amide bonds. The van der Waals surface area contributed by atoms with Crippen LogP contribution in [0.2, 0.25) is 0 Å². The molecule has 0 fully saturated rings. The average molecular weight is 182 g/mol. The number of rotatable bonds is 1. The van der Waals surface area contributed by atoms with Gasteiger partial charge >= 0.3 is 0 Å². The standard InChI is InChI=1S/C6H5F2NO.ClH/c7-6(8)4-2-1-3-5(10)9-4;/h1-3,6H,(H,9,10);1H. The Bertz CT molecular complexity index is 273. The van der Waals surface area contributed by atoms with Gasteiger partial charge in [-0.1, -0.05) is 6.07 Å². The molecule has 0 spiro atoms. The molecule has 0 bridgehead atoms. The summed E-state index contributed by atoms with van der Waals surface area (Å²) in [6.07, 6.45) is -2.60. The van der Waals surface area contributed by atoms with Gasteiger partial charge in [0.15, 0.2) is 0 Å². The van der Waals surface area contributed by atoms with E-state index >= 15 is 0 Å². The van der Waals surface area contributed by atoms with Gasteiger partial charge in [-0.25, -0.2) is 8.78 Å². The first-order chi connectivity index (χ1) is 4.70. The highest BCUT2D eigenvalue weighted by Crippen LogP contribution is 2.12. The third-order valence-corrected chi connectivity index (χ3v) is 1.03. The lowest BCUT2D eigenvalue weighted by Crippen LogP contribution is -2.05. The minimum Gasteiger partial charge on any atom is -0.321 e. The molecule has 0 aromatic carbocycles. The number of aromatic nitrogens is 1. The van der Waals surface area contributed by atoms with Gasteiger partial charge in [0.2, 0.25) is 5.56 Å². The van der Waals surface area contributed by atoms with Crippen LogP contribution in [0.25, 0.3) is 0 Å². The zero-order chi connectivity index (χ0) is 7.56. The highest BCUT2D eigenvalue weighted by molar-refractivity contribution is 5.85. The summed E-state index contributed by atoms with van der Waals surface area (Å²) in [6, 6.07) is 3.65. The molecule has 62 valence electrons. The van der Waals surface area contributed by atoms with Crippen molar-refractivity contribution in [1.29, 1.82) is 0 Å². The second-order valence-corrected chi connectivity index (χ2v) is 1.77. The molecule has 1 aromatic heterocycles. The smallest absolute Gasteiger partial charge is 0.278 e. The van der Waals surface area contributed by atoms with Crippen LogP contribution in [0.4, 0.5) is 8.78 Å². The van der Waals surface area contributed by atoms with Crippen molar-refractivity contribution in [2.45, 2.75) is 6.43 Å². The molecule has 2 nitrogen and oxygen atoms in total. The van der Waals surface area contributed by atoms with E-state index in [4.69, 9.17) is 0 Å². The number of hydrogen-bond acceptors (Lipinski definition) is 1. The van der Waals surface area contributed by atoms with Gasteiger partial charge in [-0.3, -0.25) is 4.79 Å². The largest absolute Gasteiger partial charge is 0.321 e. The van der Waals surface area contributed by atoms with Crippen LogP contribution in [-0.2, 0) is 0 Å². The number of halogens is 3. The molecule has 0 atom stereocenters. The van der Waals surface area contributed by atoms with E-state index in [-0.39, 0.29) is 18.1 Å². The zero-order valence-electron chi connectivity index (χ0n) is 5.38. The van der Waals surface area contributed by atoms with Crippen LogP contribution in [0.15, 0.2) is 23.0 Å². The Balaban J connectivity index is 0.000001000. The number of alkyl halides is 2. The molecule has 5 heteroatoms. The van der Waals surface area contributed by atoms with Gasteiger partial charge in [0.25, 0.3) is 6.43 Å². The number of H-pyrrole nitrogens is 1. The van der Waals surface area contributed by atoms with Crippen LogP contribution in [0.3, 0.4) is 0 Å². The summed E-state index contributed by atoms with van der Waals surface area (Å²) < 4.78 is 23.6. The number of nitrogens with one attached hydrogen (secondary N) is 1. The monoisotopic (exact) mass is 181 g/mol. The Hall–Kier alpha value is -0.900. The summed E-state index contributed by atoms with van der Waals surface area (Å²) in [4.78, 5) is 12.4. The van der Waals surface area contributed by atoms with E-state index in [2.05, 4.69) is 0 Å². The first-order valence-electron chi connectivity index (χ1n) is 2.67. The van der Waals surface area contributed by atoms with E-state index in [0.717, 1.165) is 0 Å². The summed E-state index contributed by atoms with van der Waals surface area (Å²) in [5.41, 5.74) is -0.842. The van der Waals surface area contributed by atoms with E-state index in [1.165, 1.54) is 18.2 Å². The van der Waals surface area contributed by atoms with Crippen LogP contribution < -0.4 is 5.56 Å². The van der Waals surface area contributed by atoms with Crippen LogP contribution in [0.5, 0.6) is 0 Å². The van der Waals surface area contributed by atoms with Crippen molar-refractivity contribution in [2.24, 2.45) is 0 Å². The SMILES string of the molecule is Cl.O=c1cccc(C(F)F)[nH]1. The summed E-state index contributed by atoms with van der Waals surface area (Å²) in [7, 11) is 0. The van der Waals surface area contributed by atoms with Gasteiger partial charge in [-0.15, -0.1) is 12.4 Å². The maximum Gasteiger partial charge on any atom is 0.278 e. The Labute approximate surface area is 67.7 Å². The molecule has 11 heavy (non-hydrogen) atoms. The molecule has 1 heterocycles. The molecule has 0 aliphatic heterocycles. The fourth-order valence-electron chi connectivity index (χ4n) is 0.592. The quantitative estimate of drug-likeness (QED) is 0.703. The van der Waals surface area contributed by atoms with E-state index in [1.807, 2.05) is 4.98 Å². The predicted octanol–water partition coefficient (Wildman–Crippen LogP) is 1.73. The Morgan fingerprint density at radius 3 is 2.36 bits per heavy atom. The van der Waals surface area contributed by atoms with Crippen LogP contribution in [-0.4, -0.2) is 4.98 Å². The van der Waals surface area contributed by atoms with Gasteiger partial charge in [0.1, 0.15) is 0 Å². The lowest BCUT2D eigenvalue weighted by Gasteiger charge is -1.95. The topological polar surface area (TPSA) is 32.9 Å². The minimum absolute atomic E-state index is 0. The molecule has 0 saturated carbocycles. The molecular weight excluding hydrogens is 176 g/mol. The molecule has 0 radical (unpaired) electrons. The lowest BCUT2D eigenvalue weighted by atomic mass is 10.4. The van der Waals surface area contributed by atoms with Gasteiger partial charge in [-0.2, -0.15) is 0 Å². The third kappa shape index (κ3) is 2.67. The van der Waals surface area contributed by atoms with Gasteiger partial charge < -0.3 is 4.98 Å². The Morgan fingerprint density at radius 2 is 2.00 bits per heavy atom. The number of aromatic amines is 1. The molecule has 1 rings (SSSR count). The zero-order valence-corrected chi connectivity index (χ0v) is 6.20. The highest BCUT2D eigenvalue weighted by atomic mass is 35.5. The maximum absolute atomic E-state index is 11.8. The van der Waals surface area contributed by atoms with E-state index in [0.29, 0.717) is 0 Å². The van der Waals surface area contributed by atoms with Crippen molar-refractivity contribution in [1.82, 2.24) is 4.98 Å². The summed E-state index contributed by atoms with van der Waals surface area (Å²) in [5, 5.41) is 0. The molecule has 0 aliphatic carbocycles. The van der Waals surface area contributed by atoms with E-state index < -0.39 is 12.0 Å². The van der Waals surface area contributed by atoms with Crippen LogP contribution >= 0.6 is 12.4 Å². The normalized spacial score (nSPS) is 9.36. The number of hydrogen-bond donors (Lipinski definition) is 1. The van der Waals surface area contributed by atoms with Crippen molar-refractivity contribution < 1.29 is 8.78 Å². The molecule has 0 saturated heterocycles. The summed E-state index contributed by atoms with van der Waals surface area (Å²) in [6.45, 7) is 0. The molecule has 1 N–H and O–H groups in total.